The number of rotatable bonds is 6. The minimum atomic E-state index is -0.203. The van der Waals surface area contributed by atoms with Gasteiger partial charge in [0.1, 0.15) is 5.75 Å². The van der Waals surface area contributed by atoms with Gasteiger partial charge in [-0.25, -0.2) is 0 Å². The van der Waals surface area contributed by atoms with E-state index in [0.717, 1.165) is 15.7 Å². The number of anilines is 1. The van der Waals surface area contributed by atoms with Crippen LogP contribution in [0.15, 0.2) is 71.5 Å². The second-order valence-electron chi connectivity index (χ2n) is 5.15. The predicted octanol–water partition coefficient (Wildman–Crippen LogP) is 3.71. The highest BCUT2D eigenvalue weighted by Gasteiger charge is 2.08. The van der Waals surface area contributed by atoms with Crippen LogP contribution < -0.4 is 10.1 Å². The summed E-state index contributed by atoms with van der Waals surface area (Å²) in [4.78, 5) is 12.1. The third-order valence-electron chi connectivity index (χ3n) is 3.37. The molecule has 0 unspecified atom stereocenters. The van der Waals surface area contributed by atoms with E-state index >= 15 is 0 Å². The van der Waals surface area contributed by atoms with Crippen LogP contribution in [-0.2, 0) is 11.3 Å². The van der Waals surface area contributed by atoms with E-state index in [0.29, 0.717) is 12.3 Å². The predicted molar refractivity (Wildman–Crippen MR) is 96.0 cm³/mol. The zero-order valence-electron chi connectivity index (χ0n) is 12.9. The fraction of sp³-hybridized carbons (Fsp3) is 0.111. The van der Waals surface area contributed by atoms with Gasteiger partial charge in [-0.3, -0.25) is 9.48 Å². The molecule has 6 heteroatoms. The maximum absolute atomic E-state index is 12.1. The maximum Gasteiger partial charge on any atom is 0.262 e. The number of nitrogens with zero attached hydrogens (tertiary/aromatic N) is 2. The monoisotopic (exact) mass is 385 g/mol. The topological polar surface area (TPSA) is 56.1 Å². The summed E-state index contributed by atoms with van der Waals surface area (Å²) < 4.78 is 8.26. The van der Waals surface area contributed by atoms with E-state index in [-0.39, 0.29) is 12.5 Å². The average molecular weight is 386 g/mol. The molecule has 0 spiro atoms. The lowest BCUT2D eigenvalue weighted by Crippen LogP contribution is -2.21. The third kappa shape index (κ3) is 4.45. The van der Waals surface area contributed by atoms with Crippen LogP contribution in [0.3, 0.4) is 0 Å². The van der Waals surface area contributed by atoms with Gasteiger partial charge in [0.25, 0.3) is 5.91 Å². The fourth-order valence-corrected chi connectivity index (χ4v) is 2.48. The largest absolute Gasteiger partial charge is 0.484 e. The lowest BCUT2D eigenvalue weighted by molar-refractivity contribution is -0.118. The second-order valence-corrected chi connectivity index (χ2v) is 6.07. The Bertz CT molecular complexity index is 801. The highest BCUT2D eigenvalue weighted by molar-refractivity contribution is 9.10. The number of halogens is 1. The number of para-hydroxylation sites is 1. The quantitative estimate of drug-likeness (QED) is 0.703. The highest BCUT2D eigenvalue weighted by Crippen LogP contribution is 2.18. The van der Waals surface area contributed by atoms with Crippen LogP contribution in [0.4, 0.5) is 5.69 Å². The minimum absolute atomic E-state index is 0.0439. The first-order valence-electron chi connectivity index (χ1n) is 7.44. The summed E-state index contributed by atoms with van der Waals surface area (Å²) in [5, 5.41) is 7.08. The Kier molecular flexibility index (Phi) is 5.28. The van der Waals surface area contributed by atoms with Gasteiger partial charge in [-0.15, -0.1) is 0 Å². The number of amides is 1. The normalized spacial score (nSPS) is 10.4. The first kappa shape index (κ1) is 16.3. The van der Waals surface area contributed by atoms with Gasteiger partial charge in [-0.1, -0.05) is 34.1 Å². The van der Waals surface area contributed by atoms with Crippen LogP contribution in [0.1, 0.15) is 5.56 Å². The standard InChI is InChI=1S/C18H16BrN3O2/c19-15-6-8-16(9-7-15)24-13-18(23)21-17-5-2-1-4-14(17)12-22-11-3-10-20-22/h1-11H,12-13H2,(H,21,23). The van der Waals surface area contributed by atoms with Crippen molar-refractivity contribution >= 4 is 27.5 Å². The van der Waals surface area contributed by atoms with Crippen LogP contribution in [0.25, 0.3) is 0 Å². The summed E-state index contributed by atoms with van der Waals surface area (Å²) in [6, 6.07) is 16.9. The molecule has 2 aromatic carbocycles. The van der Waals surface area contributed by atoms with E-state index in [1.165, 1.54) is 0 Å². The number of nitrogens with one attached hydrogen (secondary N) is 1. The van der Waals surface area contributed by atoms with E-state index < -0.39 is 0 Å². The Morgan fingerprint density at radius 1 is 1.12 bits per heavy atom. The van der Waals surface area contributed by atoms with Crippen molar-refractivity contribution in [3.63, 3.8) is 0 Å². The summed E-state index contributed by atoms with van der Waals surface area (Å²) in [7, 11) is 0. The van der Waals surface area contributed by atoms with Crippen LogP contribution in [-0.4, -0.2) is 22.3 Å². The lowest BCUT2D eigenvalue weighted by atomic mass is 10.1. The molecule has 3 rings (SSSR count). The Hall–Kier alpha value is -2.60. The van der Waals surface area contributed by atoms with Gasteiger partial charge in [0.15, 0.2) is 6.61 Å². The second kappa shape index (κ2) is 7.79. The zero-order valence-corrected chi connectivity index (χ0v) is 14.4. The molecular weight excluding hydrogens is 370 g/mol. The molecule has 0 atom stereocenters. The number of benzene rings is 2. The molecule has 24 heavy (non-hydrogen) atoms. The molecule has 1 amide bonds. The molecule has 3 aromatic rings. The van der Waals surface area contributed by atoms with E-state index in [4.69, 9.17) is 4.74 Å². The molecule has 0 aliphatic carbocycles. The van der Waals surface area contributed by atoms with Crippen molar-refractivity contribution in [1.29, 1.82) is 0 Å². The van der Waals surface area contributed by atoms with Crippen molar-refractivity contribution in [2.24, 2.45) is 0 Å². The third-order valence-corrected chi connectivity index (χ3v) is 3.90. The van der Waals surface area contributed by atoms with Crippen LogP contribution in [0.5, 0.6) is 5.75 Å². The number of hydrogen-bond donors (Lipinski definition) is 1. The number of aromatic nitrogens is 2. The first-order chi connectivity index (χ1) is 11.7. The fourth-order valence-electron chi connectivity index (χ4n) is 2.21. The average Bonchev–Trinajstić information content (AvgIpc) is 3.09. The van der Waals surface area contributed by atoms with Crippen molar-refractivity contribution in [3.8, 4) is 5.75 Å². The molecule has 5 nitrogen and oxygen atoms in total. The Morgan fingerprint density at radius 3 is 2.67 bits per heavy atom. The summed E-state index contributed by atoms with van der Waals surface area (Å²) in [5.41, 5.74) is 1.75. The molecule has 122 valence electrons. The number of hydrogen-bond acceptors (Lipinski definition) is 3. The summed E-state index contributed by atoms with van der Waals surface area (Å²) in [6.45, 7) is 0.550. The molecule has 0 bridgehead atoms. The van der Waals surface area contributed by atoms with Gasteiger partial charge in [-0.05, 0) is 42.0 Å². The van der Waals surface area contributed by atoms with Gasteiger partial charge >= 0.3 is 0 Å². The summed E-state index contributed by atoms with van der Waals surface area (Å²) >= 11 is 3.36. The van der Waals surface area contributed by atoms with E-state index in [9.17, 15) is 4.79 Å². The highest BCUT2D eigenvalue weighted by atomic mass is 79.9. The van der Waals surface area contributed by atoms with Crippen molar-refractivity contribution in [2.75, 3.05) is 11.9 Å². The van der Waals surface area contributed by atoms with Crippen LogP contribution in [0.2, 0.25) is 0 Å². The maximum atomic E-state index is 12.1. The molecule has 1 N–H and O–H groups in total. The Labute approximate surface area is 148 Å². The van der Waals surface area contributed by atoms with E-state index in [1.54, 1.807) is 6.20 Å². The lowest BCUT2D eigenvalue weighted by Gasteiger charge is -2.12. The van der Waals surface area contributed by atoms with Crippen LogP contribution in [0, 0.1) is 0 Å². The van der Waals surface area contributed by atoms with Gasteiger partial charge in [0.05, 0.1) is 6.54 Å². The molecule has 1 heterocycles. The smallest absolute Gasteiger partial charge is 0.262 e. The van der Waals surface area contributed by atoms with E-state index in [1.807, 2.05) is 65.5 Å². The van der Waals surface area contributed by atoms with Crippen molar-refractivity contribution in [2.45, 2.75) is 6.54 Å². The number of ether oxygens (including phenoxy) is 1. The molecule has 0 radical (unpaired) electrons. The Balaban J connectivity index is 1.60. The van der Waals surface area contributed by atoms with E-state index in [2.05, 4.69) is 26.3 Å². The summed E-state index contributed by atoms with van der Waals surface area (Å²) in [5.74, 6) is 0.448. The first-order valence-corrected chi connectivity index (χ1v) is 8.23. The SMILES string of the molecule is O=C(COc1ccc(Br)cc1)Nc1ccccc1Cn1cccn1. The van der Waals surface area contributed by atoms with Gasteiger partial charge < -0.3 is 10.1 Å². The summed E-state index contributed by atoms with van der Waals surface area (Å²) in [6.07, 6.45) is 3.61. The molecule has 0 aliphatic heterocycles. The number of carbonyl (C=O) groups excluding carboxylic acids is 1. The van der Waals surface area contributed by atoms with Gasteiger partial charge in [0, 0.05) is 22.6 Å². The number of carbonyl (C=O) groups is 1. The minimum Gasteiger partial charge on any atom is -0.484 e. The zero-order chi connectivity index (χ0) is 16.8. The van der Waals surface area contributed by atoms with Crippen molar-refractivity contribution < 1.29 is 9.53 Å². The van der Waals surface area contributed by atoms with Crippen LogP contribution >= 0.6 is 15.9 Å². The molecule has 0 fully saturated rings. The van der Waals surface area contributed by atoms with Crippen molar-refractivity contribution in [1.82, 2.24) is 9.78 Å². The molecular formula is C18H16BrN3O2. The Morgan fingerprint density at radius 2 is 1.92 bits per heavy atom. The molecule has 0 aliphatic rings. The van der Waals surface area contributed by atoms with Gasteiger partial charge in [0.2, 0.25) is 0 Å². The molecule has 0 saturated heterocycles. The molecule has 1 aromatic heterocycles. The molecule has 0 saturated carbocycles. The van der Waals surface area contributed by atoms with Gasteiger partial charge in [-0.2, -0.15) is 5.10 Å². The van der Waals surface area contributed by atoms with Crippen molar-refractivity contribution in [3.05, 3.63) is 77.0 Å².